The zero-order chi connectivity index (χ0) is 39.6. The summed E-state index contributed by atoms with van der Waals surface area (Å²) >= 11 is 0. The van der Waals surface area contributed by atoms with E-state index in [0.717, 1.165) is 66.5 Å². The maximum Gasteiger partial charge on any atom is 0.160 e. The molecule has 0 fully saturated rings. The summed E-state index contributed by atoms with van der Waals surface area (Å²) in [6.07, 6.45) is 0. The van der Waals surface area contributed by atoms with Crippen LogP contribution in [0.2, 0.25) is 0 Å². The lowest BCUT2D eigenvalue weighted by Crippen LogP contribution is -2.28. The first-order chi connectivity index (χ1) is 29.7. The maximum absolute atomic E-state index is 6.29. The van der Waals surface area contributed by atoms with Gasteiger partial charge in [-0.25, -0.2) is 9.97 Å². The van der Waals surface area contributed by atoms with Gasteiger partial charge in [0.25, 0.3) is 0 Å². The van der Waals surface area contributed by atoms with E-state index in [0.29, 0.717) is 5.82 Å². The second kappa shape index (κ2) is 13.6. The lowest BCUT2D eigenvalue weighted by molar-refractivity contribution is 0.669. The minimum Gasteiger partial charge on any atom is -0.456 e. The fraction of sp³-hybridized carbons (Fsp3) is 0.0175. The highest BCUT2D eigenvalue weighted by molar-refractivity contribution is 6.12. The molecule has 0 unspecified atom stereocenters. The van der Waals surface area contributed by atoms with Crippen LogP contribution in [0.5, 0.6) is 0 Å². The van der Waals surface area contributed by atoms with E-state index in [1.54, 1.807) is 0 Å². The molecule has 0 aliphatic heterocycles. The number of hydrogen-bond acceptors (Lipinski definition) is 3. The zero-order valence-corrected chi connectivity index (χ0v) is 32.6. The topological polar surface area (TPSA) is 38.9 Å². The Morgan fingerprint density at radius 1 is 0.350 bits per heavy atom. The molecule has 2 aromatic heterocycles. The van der Waals surface area contributed by atoms with Gasteiger partial charge in [-0.05, 0) is 91.7 Å². The second-order valence-corrected chi connectivity index (χ2v) is 15.7. The minimum atomic E-state index is -0.520. The van der Waals surface area contributed by atoms with Crippen molar-refractivity contribution in [3.05, 3.63) is 241 Å². The Morgan fingerprint density at radius 2 is 0.950 bits per heavy atom. The van der Waals surface area contributed by atoms with Crippen LogP contribution in [-0.4, -0.2) is 9.97 Å². The first kappa shape index (κ1) is 34.2. The van der Waals surface area contributed by atoms with Crippen molar-refractivity contribution in [1.29, 1.82) is 0 Å². The summed E-state index contributed by atoms with van der Waals surface area (Å²) in [5, 5.41) is 4.56. The fourth-order valence-electron chi connectivity index (χ4n) is 9.67. The second-order valence-electron chi connectivity index (χ2n) is 15.7. The molecule has 0 amide bonds. The highest BCUT2D eigenvalue weighted by Gasteiger charge is 2.46. The largest absolute Gasteiger partial charge is 0.456 e. The SMILES string of the molecule is c1ccc(C2(c3ccccc3)c3ccccc3-c3ccc(-c4cc(-c5cccc(-c6cccc7oc8ccccc8c67)c5)nc(-c5ccc6ccccc6c5)n4)cc32)cc1. The molecule has 2 heterocycles. The molecule has 3 nitrogen and oxygen atoms in total. The van der Waals surface area contributed by atoms with Gasteiger partial charge in [-0.15, -0.1) is 0 Å². The summed E-state index contributed by atoms with van der Waals surface area (Å²) in [5.74, 6) is 0.683. The molecule has 9 aromatic carbocycles. The lowest BCUT2D eigenvalue weighted by atomic mass is 9.67. The summed E-state index contributed by atoms with van der Waals surface area (Å²) < 4.78 is 6.29. The predicted molar refractivity (Wildman–Crippen MR) is 246 cm³/mol. The lowest BCUT2D eigenvalue weighted by Gasteiger charge is -2.34. The van der Waals surface area contributed by atoms with Crippen LogP contribution < -0.4 is 0 Å². The molecule has 0 bridgehead atoms. The third-order valence-electron chi connectivity index (χ3n) is 12.4. The number of nitrogens with zero attached hydrogens (tertiary/aromatic N) is 2. The van der Waals surface area contributed by atoms with Crippen molar-refractivity contribution >= 4 is 32.7 Å². The van der Waals surface area contributed by atoms with E-state index in [9.17, 15) is 0 Å². The molecule has 0 radical (unpaired) electrons. The van der Waals surface area contributed by atoms with Crippen molar-refractivity contribution in [3.63, 3.8) is 0 Å². The molecule has 0 N–H and O–H groups in total. The van der Waals surface area contributed by atoms with E-state index in [-0.39, 0.29) is 0 Å². The van der Waals surface area contributed by atoms with Crippen molar-refractivity contribution < 1.29 is 4.42 Å². The molecule has 0 saturated carbocycles. The molecule has 280 valence electrons. The average molecular weight is 765 g/mol. The van der Waals surface area contributed by atoms with Gasteiger partial charge in [0, 0.05) is 27.5 Å². The Hall–Kier alpha value is -7.88. The van der Waals surface area contributed by atoms with Crippen molar-refractivity contribution in [1.82, 2.24) is 9.97 Å². The van der Waals surface area contributed by atoms with Crippen LogP contribution in [0.4, 0.5) is 0 Å². The van der Waals surface area contributed by atoms with Crippen molar-refractivity contribution in [2.24, 2.45) is 0 Å². The van der Waals surface area contributed by atoms with Crippen LogP contribution in [0.25, 0.3) is 88.9 Å². The third-order valence-corrected chi connectivity index (χ3v) is 12.4. The Labute approximate surface area is 347 Å². The van der Waals surface area contributed by atoms with Gasteiger partial charge >= 0.3 is 0 Å². The van der Waals surface area contributed by atoms with Gasteiger partial charge in [-0.2, -0.15) is 0 Å². The maximum atomic E-state index is 6.29. The normalized spacial score (nSPS) is 12.8. The van der Waals surface area contributed by atoms with Crippen LogP contribution in [0.15, 0.2) is 223 Å². The number of rotatable bonds is 6. The van der Waals surface area contributed by atoms with Gasteiger partial charge in [-0.1, -0.05) is 182 Å². The monoisotopic (exact) mass is 764 g/mol. The van der Waals surface area contributed by atoms with E-state index in [1.807, 2.05) is 12.1 Å². The van der Waals surface area contributed by atoms with Gasteiger partial charge < -0.3 is 4.42 Å². The van der Waals surface area contributed by atoms with E-state index in [1.165, 1.54) is 38.8 Å². The number of para-hydroxylation sites is 1. The summed E-state index contributed by atoms with van der Waals surface area (Å²) in [6.45, 7) is 0. The van der Waals surface area contributed by atoms with Crippen LogP contribution >= 0.6 is 0 Å². The van der Waals surface area contributed by atoms with Crippen LogP contribution in [0, 0.1) is 0 Å². The fourth-order valence-corrected chi connectivity index (χ4v) is 9.67. The predicted octanol–water partition coefficient (Wildman–Crippen LogP) is 14.6. The highest BCUT2D eigenvalue weighted by atomic mass is 16.3. The quantitative estimate of drug-likeness (QED) is 0.169. The van der Waals surface area contributed by atoms with Crippen molar-refractivity contribution in [2.75, 3.05) is 0 Å². The molecule has 12 rings (SSSR count). The van der Waals surface area contributed by atoms with Gasteiger partial charge in [-0.3, -0.25) is 0 Å². The number of furan rings is 1. The molecule has 1 aliphatic carbocycles. The summed E-state index contributed by atoms with van der Waals surface area (Å²) in [5.41, 5.74) is 15.7. The molecule has 60 heavy (non-hydrogen) atoms. The van der Waals surface area contributed by atoms with Crippen LogP contribution in [0.3, 0.4) is 0 Å². The van der Waals surface area contributed by atoms with Crippen molar-refractivity contribution in [2.45, 2.75) is 5.41 Å². The van der Waals surface area contributed by atoms with Crippen LogP contribution in [0.1, 0.15) is 22.3 Å². The zero-order valence-electron chi connectivity index (χ0n) is 32.6. The summed E-state index contributed by atoms with van der Waals surface area (Å²) in [4.78, 5) is 10.7. The summed E-state index contributed by atoms with van der Waals surface area (Å²) in [6, 6.07) is 78.1. The van der Waals surface area contributed by atoms with Gasteiger partial charge in [0.1, 0.15) is 11.2 Å². The Kier molecular flexibility index (Phi) is 7.76. The number of hydrogen-bond donors (Lipinski definition) is 0. The minimum absolute atomic E-state index is 0.520. The number of benzene rings is 9. The Bertz CT molecular complexity index is 3400. The first-order valence-corrected chi connectivity index (χ1v) is 20.5. The van der Waals surface area contributed by atoms with Gasteiger partial charge in [0.05, 0.1) is 16.8 Å². The molecular formula is C57H36N2O. The molecular weight excluding hydrogens is 729 g/mol. The molecule has 0 spiro atoms. The van der Waals surface area contributed by atoms with Gasteiger partial charge in [0.15, 0.2) is 5.82 Å². The molecule has 11 aromatic rings. The Morgan fingerprint density at radius 3 is 1.77 bits per heavy atom. The third kappa shape index (κ3) is 5.30. The highest BCUT2D eigenvalue weighted by Crippen LogP contribution is 2.56. The molecule has 0 saturated heterocycles. The Balaban J connectivity index is 1.08. The molecule has 3 heteroatoms. The average Bonchev–Trinajstić information content (AvgIpc) is 3.86. The number of fused-ring (bicyclic) bond motifs is 7. The summed E-state index contributed by atoms with van der Waals surface area (Å²) in [7, 11) is 0. The van der Waals surface area contributed by atoms with Crippen LogP contribution in [-0.2, 0) is 5.41 Å². The standard InChI is InChI=1S/C57H36N2O/c1-3-19-43(20-4-1)57(44-21-5-2-6-22-44)49-26-11-9-23-46(49)47-32-31-41(35-50(47)57)52-36-51(58-56(59-52)42-30-29-37-15-7-8-16-38(37)33-42)40-18-13-17-39(34-40)45-25-14-28-54-55(45)48-24-10-12-27-53(48)60-54/h1-36H. The first-order valence-electron chi connectivity index (χ1n) is 20.5. The van der Waals surface area contributed by atoms with Crippen molar-refractivity contribution in [3.8, 4) is 56.2 Å². The van der Waals surface area contributed by atoms with Gasteiger partial charge in [0.2, 0.25) is 0 Å². The smallest absolute Gasteiger partial charge is 0.160 e. The van der Waals surface area contributed by atoms with E-state index < -0.39 is 5.41 Å². The molecule has 1 aliphatic rings. The number of aromatic nitrogens is 2. The molecule has 0 atom stereocenters. The van der Waals surface area contributed by atoms with E-state index in [2.05, 4.69) is 206 Å². The van der Waals surface area contributed by atoms with E-state index in [4.69, 9.17) is 14.4 Å². The van der Waals surface area contributed by atoms with E-state index >= 15 is 0 Å².